The molecule has 0 radical (unpaired) electrons. The number of likely N-dealkylation sites (tertiary alicyclic amines) is 1. The summed E-state index contributed by atoms with van der Waals surface area (Å²) in [5.41, 5.74) is 3.24. The van der Waals surface area contributed by atoms with E-state index in [4.69, 9.17) is 0 Å². The number of aliphatic hydroxyl groups is 1. The van der Waals surface area contributed by atoms with Gasteiger partial charge in [0.05, 0.1) is 17.3 Å². The largest absolute Gasteiger partial charge is 0.388 e. The number of rotatable bonds is 4. The minimum atomic E-state index is -0.617. The lowest BCUT2D eigenvalue weighted by Gasteiger charge is -2.33. The van der Waals surface area contributed by atoms with Crippen molar-refractivity contribution in [1.82, 2.24) is 9.88 Å². The molecule has 2 aromatic rings. The molecule has 1 fully saturated rings. The van der Waals surface area contributed by atoms with Gasteiger partial charge in [0.15, 0.2) is 0 Å². The molecule has 1 aliphatic rings. The maximum absolute atomic E-state index is 13.0. The van der Waals surface area contributed by atoms with E-state index in [9.17, 15) is 14.3 Å². The number of hydrogen-bond acceptors (Lipinski definition) is 4. The minimum absolute atomic E-state index is 0.0299. The van der Waals surface area contributed by atoms with Crippen LogP contribution < -0.4 is 0 Å². The van der Waals surface area contributed by atoms with E-state index in [0.29, 0.717) is 13.1 Å². The highest BCUT2D eigenvalue weighted by Crippen LogP contribution is 2.30. The molecule has 0 saturated carbocycles. The van der Waals surface area contributed by atoms with Crippen molar-refractivity contribution in [2.45, 2.75) is 18.9 Å². The molecule has 1 aromatic heterocycles. The van der Waals surface area contributed by atoms with Crippen LogP contribution in [0.3, 0.4) is 0 Å². The van der Waals surface area contributed by atoms with E-state index in [1.54, 1.807) is 34.7 Å². The van der Waals surface area contributed by atoms with Crippen molar-refractivity contribution >= 4 is 23.3 Å². The highest BCUT2D eigenvalue weighted by atomic mass is 32.1. The molecule has 0 aliphatic carbocycles. The standard InChI is InChI=1S/C18H19FN2O2S/c19-15-3-1-13(2-4-15)18(23)14-7-9-21(10-8-14)17(22)6-5-16-11-24-12-20-16/h1-6,11-12,14,18,23H,7-10H2/b6-5+. The Labute approximate surface area is 144 Å². The molecular formula is C18H19FN2O2S. The number of amides is 1. The van der Waals surface area contributed by atoms with Gasteiger partial charge in [0.2, 0.25) is 5.91 Å². The summed E-state index contributed by atoms with van der Waals surface area (Å²) in [5, 5.41) is 12.3. The Bertz CT molecular complexity index is 692. The summed E-state index contributed by atoms with van der Waals surface area (Å²) < 4.78 is 13.0. The quantitative estimate of drug-likeness (QED) is 0.865. The van der Waals surface area contributed by atoms with Crippen molar-refractivity contribution in [3.63, 3.8) is 0 Å². The number of nitrogens with zero attached hydrogens (tertiary/aromatic N) is 2. The molecule has 1 unspecified atom stereocenters. The molecule has 1 atom stereocenters. The normalized spacial score (nSPS) is 17.3. The third-order valence-corrected chi connectivity index (χ3v) is 4.96. The fourth-order valence-electron chi connectivity index (χ4n) is 2.93. The summed E-state index contributed by atoms with van der Waals surface area (Å²) in [6.45, 7) is 1.23. The van der Waals surface area contributed by atoms with Crippen LogP contribution in [0.5, 0.6) is 0 Å². The molecule has 6 heteroatoms. The molecule has 0 bridgehead atoms. The van der Waals surface area contributed by atoms with E-state index < -0.39 is 6.10 Å². The van der Waals surface area contributed by atoms with Crippen LogP contribution in [0.25, 0.3) is 6.08 Å². The van der Waals surface area contributed by atoms with Crippen molar-refractivity contribution in [2.75, 3.05) is 13.1 Å². The van der Waals surface area contributed by atoms with Gasteiger partial charge in [-0.15, -0.1) is 11.3 Å². The topological polar surface area (TPSA) is 53.4 Å². The smallest absolute Gasteiger partial charge is 0.246 e. The molecule has 1 aliphatic heterocycles. The fourth-order valence-corrected chi connectivity index (χ4v) is 3.46. The number of benzene rings is 1. The molecule has 1 aromatic carbocycles. The Morgan fingerprint density at radius 2 is 2.04 bits per heavy atom. The van der Waals surface area contributed by atoms with Crippen molar-refractivity contribution < 1.29 is 14.3 Å². The van der Waals surface area contributed by atoms with E-state index in [1.807, 2.05) is 5.38 Å². The maximum atomic E-state index is 13.0. The summed E-state index contributed by atoms with van der Waals surface area (Å²) >= 11 is 1.49. The molecule has 3 rings (SSSR count). The second kappa shape index (κ2) is 7.68. The molecule has 126 valence electrons. The Kier molecular flexibility index (Phi) is 5.37. The summed E-state index contributed by atoms with van der Waals surface area (Å²) in [6.07, 6.45) is 4.11. The first-order valence-corrected chi connectivity index (χ1v) is 8.86. The lowest BCUT2D eigenvalue weighted by atomic mass is 9.87. The third kappa shape index (κ3) is 4.07. The van der Waals surface area contributed by atoms with Gasteiger partial charge in [-0.25, -0.2) is 9.37 Å². The van der Waals surface area contributed by atoms with Gasteiger partial charge in [0.25, 0.3) is 0 Å². The first-order valence-electron chi connectivity index (χ1n) is 7.92. The number of carbonyl (C=O) groups is 1. The van der Waals surface area contributed by atoms with E-state index in [1.165, 1.54) is 23.5 Å². The van der Waals surface area contributed by atoms with Gasteiger partial charge in [0, 0.05) is 24.5 Å². The van der Waals surface area contributed by atoms with Gasteiger partial charge in [0.1, 0.15) is 5.82 Å². The van der Waals surface area contributed by atoms with Crippen LogP contribution in [0.1, 0.15) is 30.2 Å². The van der Waals surface area contributed by atoms with Crippen molar-refractivity contribution in [2.24, 2.45) is 5.92 Å². The number of thiazole rings is 1. The van der Waals surface area contributed by atoms with E-state index >= 15 is 0 Å². The second-order valence-corrected chi connectivity index (χ2v) is 6.62. The van der Waals surface area contributed by atoms with Crippen LogP contribution in [0.4, 0.5) is 4.39 Å². The predicted octanol–water partition coefficient (Wildman–Crippen LogP) is 3.27. The summed E-state index contributed by atoms with van der Waals surface area (Å²) in [7, 11) is 0. The van der Waals surface area contributed by atoms with Gasteiger partial charge in [-0.3, -0.25) is 4.79 Å². The number of aromatic nitrogens is 1. The van der Waals surface area contributed by atoms with E-state index in [-0.39, 0.29) is 17.6 Å². The Hall–Kier alpha value is -2.05. The van der Waals surface area contributed by atoms with Crippen LogP contribution in [0.2, 0.25) is 0 Å². The lowest BCUT2D eigenvalue weighted by molar-refractivity contribution is -0.127. The zero-order chi connectivity index (χ0) is 16.9. The SMILES string of the molecule is O=C(/C=C/c1cscn1)N1CCC(C(O)c2ccc(F)cc2)CC1. The van der Waals surface area contributed by atoms with Crippen LogP contribution in [0.15, 0.2) is 41.2 Å². The van der Waals surface area contributed by atoms with Gasteiger partial charge >= 0.3 is 0 Å². The molecular weight excluding hydrogens is 327 g/mol. The number of hydrogen-bond donors (Lipinski definition) is 1. The summed E-state index contributed by atoms with van der Waals surface area (Å²) in [5.74, 6) is -0.252. The highest BCUT2D eigenvalue weighted by Gasteiger charge is 2.27. The number of carbonyl (C=O) groups excluding carboxylic acids is 1. The van der Waals surface area contributed by atoms with E-state index in [2.05, 4.69) is 4.98 Å². The van der Waals surface area contributed by atoms with Gasteiger partial charge < -0.3 is 10.0 Å². The Balaban J connectivity index is 1.53. The molecule has 2 heterocycles. The van der Waals surface area contributed by atoms with Crippen LogP contribution >= 0.6 is 11.3 Å². The third-order valence-electron chi connectivity index (χ3n) is 4.36. The number of aliphatic hydroxyl groups excluding tert-OH is 1. The predicted molar refractivity (Wildman–Crippen MR) is 91.8 cm³/mol. The number of piperidine rings is 1. The molecule has 4 nitrogen and oxygen atoms in total. The second-order valence-electron chi connectivity index (χ2n) is 5.91. The Morgan fingerprint density at radius 1 is 1.33 bits per heavy atom. The van der Waals surface area contributed by atoms with Crippen LogP contribution in [-0.4, -0.2) is 34.0 Å². The highest BCUT2D eigenvalue weighted by molar-refractivity contribution is 7.07. The molecule has 1 amide bonds. The fraction of sp³-hybridized carbons (Fsp3) is 0.333. The average molecular weight is 346 g/mol. The monoisotopic (exact) mass is 346 g/mol. The zero-order valence-corrected chi connectivity index (χ0v) is 14.0. The molecule has 1 N–H and O–H groups in total. The first kappa shape index (κ1) is 16.8. The van der Waals surface area contributed by atoms with Crippen molar-refractivity contribution in [1.29, 1.82) is 0 Å². The maximum Gasteiger partial charge on any atom is 0.246 e. The summed E-state index contributed by atoms with van der Waals surface area (Å²) in [6, 6.07) is 5.96. The van der Waals surface area contributed by atoms with Crippen LogP contribution in [0, 0.1) is 11.7 Å². The lowest BCUT2D eigenvalue weighted by Crippen LogP contribution is -2.38. The Morgan fingerprint density at radius 3 is 2.67 bits per heavy atom. The van der Waals surface area contributed by atoms with Gasteiger partial charge in [-0.05, 0) is 42.5 Å². The minimum Gasteiger partial charge on any atom is -0.388 e. The zero-order valence-electron chi connectivity index (χ0n) is 13.1. The van der Waals surface area contributed by atoms with Crippen molar-refractivity contribution in [3.8, 4) is 0 Å². The van der Waals surface area contributed by atoms with Gasteiger partial charge in [-0.1, -0.05) is 12.1 Å². The van der Waals surface area contributed by atoms with Crippen molar-refractivity contribution in [3.05, 3.63) is 58.3 Å². The van der Waals surface area contributed by atoms with Crippen LogP contribution in [-0.2, 0) is 4.79 Å². The first-order chi connectivity index (χ1) is 11.6. The molecule has 24 heavy (non-hydrogen) atoms. The van der Waals surface area contributed by atoms with E-state index in [0.717, 1.165) is 24.1 Å². The molecule has 1 saturated heterocycles. The van der Waals surface area contributed by atoms with Gasteiger partial charge in [-0.2, -0.15) is 0 Å². The molecule has 0 spiro atoms. The summed E-state index contributed by atoms with van der Waals surface area (Å²) in [4.78, 5) is 18.1. The number of halogens is 1. The average Bonchev–Trinajstić information content (AvgIpc) is 3.13.